The highest BCUT2D eigenvalue weighted by atomic mass is 32.1. The van der Waals surface area contributed by atoms with Gasteiger partial charge in [0.1, 0.15) is 0 Å². The standard InChI is InChI=1S/C21H19N3O4S/c1-13(15-7-8-17-18(9-15)28-12-27-17)22-19(25)10-16-11-29-21(23-16)24-20(26)14-5-3-2-4-6-14/h2-9,11,13H,10,12H2,1H3,(H,22,25)(H,23,24,26)/t13-/m0/s1. The first kappa shape index (κ1) is 18.9. The molecular formula is C21H19N3O4S. The molecule has 0 radical (unpaired) electrons. The molecule has 0 unspecified atom stereocenters. The number of hydrogen-bond acceptors (Lipinski definition) is 6. The van der Waals surface area contributed by atoms with E-state index in [9.17, 15) is 9.59 Å². The summed E-state index contributed by atoms with van der Waals surface area (Å²) in [7, 11) is 0. The van der Waals surface area contributed by atoms with Crippen LogP contribution in [0.25, 0.3) is 0 Å². The molecule has 0 saturated heterocycles. The maximum absolute atomic E-state index is 12.4. The van der Waals surface area contributed by atoms with Crippen LogP contribution in [0.4, 0.5) is 5.13 Å². The molecule has 0 bridgehead atoms. The second-order valence-corrected chi connectivity index (χ2v) is 7.40. The summed E-state index contributed by atoms with van der Waals surface area (Å²) in [4.78, 5) is 28.9. The number of anilines is 1. The highest BCUT2D eigenvalue weighted by Gasteiger charge is 2.17. The summed E-state index contributed by atoms with van der Waals surface area (Å²) < 4.78 is 10.7. The Hall–Kier alpha value is -3.39. The molecule has 2 amide bonds. The first-order valence-corrected chi connectivity index (χ1v) is 9.96. The molecule has 29 heavy (non-hydrogen) atoms. The lowest BCUT2D eigenvalue weighted by Gasteiger charge is -2.14. The van der Waals surface area contributed by atoms with Crippen LogP contribution in [-0.2, 0) is 11.2 Å². The average molecular weight is 409 g/mol. The van der Waals surface area contributed by atoms with Gasteiger partial charge in [-0.15, -0.1) is 11.3 Å². The Bertz CT molecular complexity index is 1040. The summed E-state index contributed by atoms with van der Waals surface area (Å²) >= 11 is 1.29. The molecule has 3 aromatic rings. The molecule has 7 nitrogen and oxygen atoms in total. The predicted molar refractivity (Wildman–Crippen MR) is 109 cm³/mol. The molecular weight excluding hydrogens is 390 g/mol. The quantitative estimate of drug-likeness (QED) is 0.650. The van der Waals surface area contributed by atoms with Crippen molar-refractivity contribution >= 4 is 28.3 Å². The van der Waals surface area contributed by atoms with Crippen molar-refractivity contribution in [1.82, 2.24) is 10.3 Å². The molecule has 0 saturated carbocycles. The number of nitrogens with one attached hydrogen (secondary N) is 2. The van der Waals surface area contributed by atoms with Crippen LogP contribution in [0.15, 0.2) is 53.9 Å². The fourth-order valence-corrected chi connectivity index (χ4v) is 3.63. The first-order chi connectivity index (χ1) is 14.1. The lowest BCUT2D eigenvalue weighted by Crippen LogP contribution is -2.28. The predicted octanol–water partition coefficient (Wildman–Crippen LogP) is 3.54. The van der Waals surface area contributed by atoms with Crippen molar-refractivity contribution in [3.63, 3.8) is 0 Å². The molecule has 4 rings (SSSR count). The number of rotatable bonds is 6. The molecule has 2 aromatic carbocycles. The topological polar surface area (TPSA) is 89.6 Å². The fourth-order valence-electron chi connectivity index (χ4n) is 2.93. The van der Waals surface area contributed by atoms with Crippen LogP contribution in [-0.4, -0.2) is 23.6 Å². The Labute approximate surface area is 171 Å². The van der Waals surface area contributed by atoms with Gasteiger partial charge < -0.3 is 14.8 Å². The lowest BCUT2D eigenvalue weighted by molar-refractivity contribution is -0.121. The van der Waals surface area contributed by atoms with E-state index in [2.05, 4.69) is 15.6 Å². The summed E-state index contributed by atoms with van der Waals surface area (Å²) in [5.74, 6) is 1.01. The van der Waals surface area contributed by atoms with Crippen molar-refractivity contribution in [2.45, 2.75) is 19.4 Å². The zero-order valence-corrected chi connectivity index (χ0v) is 16.5. The zero-order chi connectivity index (χ0) is 20.2. The normalized spacial score (nSPS) is 13.0. The number of thiazole rings is 1. The molecule has 148 valence electrons. The van der Waals surface area contributed by atoms with Gasteiger partial charge in [0, 0.05) is 10.9 Å². The highest BCUT2D eigenvalue weighted by molar-refractivity contribution is 7.14. The SMILES string of the molecule is C[C@H](NC(=O)Cc1csc(NC(=O)c2ccccc2)n1)c1ccc2c(c1)OCO2. The number of carbonyl (C=O) groups is 2. The van der Waals surface area contributed by atoms with Crippen molar-refractivity contribution in [2.75, 3.05) is 12.1 Å². The van der Waals surface area contributed by atoms with Gasteiger partial charge in [0.15, 0.2) is 16.6 Å². The van der Waals surface area contributed by atoms with Crippen molar-refractivity contribution in [3.8, 4) is 11.5 Å². The lowest BCUT2D eigenvalue weighted by atomic mass is 10.1. The van der Waals surface area contributed by atoms with Crippen LogP contribution in [0.5, 0.6) is 11.5 Å². The monoisotopic (exact) mass is 409 g/mol. The Morgan fingerprint density at radius 2 is 1.93 bits per heavy atom. The summed E-state index contributed by atoms with van der Waals surface area (Å²) in [6.45, 7) is 2.12. The number of nitrogens with zero attached hydrogens (tertiary/aromatic N) is 1. The van der Waals surface area contributed by atoms with Gasteiger partial charge in [-0.2, -0.15) is 0 Å². The van der Waals surface area contributed by atoms with Gasteiger partial charge >= 0.3 is 0 Å². The molecule has 2 N–H and O–H groups in total. The van der Waals surface area contributed by atoms with Crippen LogP contribution in [0.1, 0.15) is 34.6 Å². The van der Waals surface area contributed by atoms with Gasteiger partial charge in [0.05, 0.1) is 18.2 Å². The summed E-state index contributed by atoms with van der Waals surface area (Å²) in [5, 5.41) is 7.94. The number of benzene rings is 2. The van der Waals surface area contributed by atoms with E-state index in [0.29, 0.717) is 27.9 Å². The third-order valence-corrected chi connectivity index (χ3v) is 5.23. The number of aromatic nitrogens is 1. The second-order valence-electron chi connectivity index (χ2n) is 6.54. The van der Waals surface area contributed by atoms with Gasteiger partial charge in [-0.1, -0.05) is 24.3 Å². The van der Waals surface area contributed by atoms with Gasteiger partial charge in [0.2, 0.25) is 12.7 Å². The molecule has 0 fully saturated rings. The molecule has 1 aromatic heterocycles. The number of hydrogen-bond donors (Lipinski definition) is 2. The van der Waals surface area contributed by atoms with Crippen LogP contribution in [0.3, 0.4) is 0 Å². The van der Waals surface area contributed by atoms with E-state index < -0.39 is 0 Å². The Morgan fingerprint density at radius 3 is 2.76 bits per heavy atom. The van der Waals surface area contributed by atoms with Crippen LogP contribution >= 0.6 is 11.3 Å². The van der Waals surface area contributed by atoms with E-state index in [1.807, 2.05) is 31.2 Å². The Morgan fingerprint density at radius 1 is 1.14 bits per heavy atom. The van der Waals surface area contributed by atoms with Crippen LogP contribution in [0, 0.1) is 0 Å². The first-order valence-electron chi connectivity index (χ1n) is 9.08. The molecule has 1 aliphatic heterocycles. The Kier molecular flexibility index (Phi) is 5.44. The minimum absolute atomic E-state index is 0.132. The van der Waals surface area contributed by atoms with Crippen molar-refractivity contribution in [3.05, 3.63) is 70.7 Å². The third-order valence-electron chi connectivity index (χ3n) is 4.42. The maximum Gasteiger partial charge on any atom is 0.257 e. The van der Waals surface area contributed by atoms with Gasteiger partial charge in [-0.25, -0.2) is 4.98 Å². The van der Waals surface area contributed by atoms with E-state index in [0.717, 1.165) is 5.56 Å². The third kappa shape index (κ3) is 4.55. The minimum Gasteiger partial charge on any atom is -0.454 e. The van der Waals surface area contributed by atoms with Crippen molar-refractivity contribution < 1.29 is 19.1 Å². The largest absolute Gasteiger partial charge is 0.454 e. The average Bonchev–Trinajstić information content (AvgIpc) is 3.37. The molecule has 1 atom stereocenters. The van der Waals surface area contributed by atoms with E-state index >= 15 is 0 Å². The van der Waals surface area contributed by atoms with Crippen molar-refractivity contribution in [1.29, 1.82) is 0 Å². The van der Waals surface area contributed by atoms with Gasteiger partial charge in [0.25, 0.3) is 5.91 Å². The van der Waals surface area contributed by atoms with Crippen LogP contribution < -0.4 is 20.1 Å². The molecule has 8 heteroatoms. The number of fused-ring (bicyclic) bond motifs is 1. The maximum atomic E-state index is 12.4. The van der Waals surface area contributed by atoms with Crippen LogP contribution in [0.2, 0.25) is 0 Å². The number of carbonyl (C=O) groups excluding carboxylic acids is 2. The summed E-state index contributed by atoms with van der Waals surface area (Å²) in [5.41, 5.74) is 2.09. The molecule has 1 aliphatic rings. The Balaban J connectivity index is 1.32. The minimum atomic E-state index is -0.229. The van der Waals surface area contributed by atoms with E-state index in [4.69, 9.17) is 9.47 Å². The number of ether oxygens (including phenoxy) is 2. The fraction of sp³-hybridized carbons (Fsp3) is 0.190. The molecule has 0 spiro atoms. The van der Waals surface area contributed by atoms with E-state index in [-0.39, 0.29) is 31.1 Å². The zero-order valence-electron chi connectivity index (χ0n) is 15.7. The highest BCUT2D eigenvalue weighted by Crippen LogP contribution is 2.34. The van der Waals surface area contributed by atoms with Gasteiger partial charge in [-0.05, 0) is 36.8 Å². The molecule has 2 heterocycles. The smallest absolute Gasteiger partial charge is 0.257 e. The van der Waals surface area contributed by atoms with Gasteiger partial charge in [-0.3, -0.25) is 14.9 Å². The second kappa shape index (κ2) is 8.32. The van der Waals surface area contributed by atoms with Crippen molar-refractivity contribution in [2.24, 2.45) is 0 Å². The summed E-state index contributed by atoms with van der Waals surface area (Å²) in [6, 6.07) is 14.3. The summed E-state index contributed by atoms with van der Waals surface area (Å²) in [6.07, 6.45) is 0.132. The van der Waals surface area contributed by atoms with E-state index in [1.54, 1.807) is 29.6 Å². The molecule has 0 aliphatic carbocycles. The number of amides is 2. The van der Waals surface area contributed by atoms with E-state index in [1.165, 1.54) is 11.3 Å².